The van der Waals surface area contributed by atoms with E-state index in [2.05, 4.69) is 4.85 Å². The highest BCUT2D eigenvalue weighted by atomic mass is 16.7. The number of carbonyl (C=O) groups excluding carboxylic acids is 2. The van der Waals surface area contributed by atoms with E-state index in [4.69, 9.17) is 11.4 Å². The maximum Gasteiger partial charge on any atom is 0.339 e. The monoisotopic (exact) mass is 216 g/mol. The van der Waals surface area contributed by atoms with Gasteiger partial charge in [0, 0.05) is 0 Å². The molecule has 1 aliphatic rings. The summed E-state index contributed by atoms with van der Waals surface area (Å²) in [5, 5.41) is 1.24. The highest BCUT2D eigenvalue weighted by molar-refractivity contribution is 6.00. The van der Waals surface area contributed by atoms with Gasteiger partial charge in [0.1, 0.15) is 13.0 Å². The Morgan fingerprint density at radius 3 is 2.50 bits per heavy atom. The molecule has 0 amide bonds. The standard InChI is InChI=1S/C11H8N2O3/c1-12-8-2-4-9(5-3-8)13-7-10(14)6-11(15)16-13/h2-5H,6-7H2. The minimum atomic E-state index is -0.550. The lowest BCUT2D eigenvalue weighted by molar-refractivity contribution is -0.151. The van der Waals surface area contributed by atoms with Gasteiger partial charge in [-0.3, -0.25) is 4.79 Å². The summed E-state index contributed by atoms with van der Waals surface area (Å²) in [6, 6.07) is 6.49. The van der Waals surface area contributed by atoms with Gasteiger partial charge in [0.25, 0.3) is 0 Å². The fourth-order valence-electron chi connectivity index (χ4n) is 1.40. The van der Waals surface area contributed by atoms with E-state index >= 15 is 0 Å². The fraction of sp³-hybridized carbons (Fsp3) is 0.182. The van der Waals surface area contributed by atoms with Crippen LogP contribution in [-0.4, -0.2) is 18.3 Å². The molecule has 0 aromatic heterocycles. The van der Waals surface area contributed by atoms with Crippen molar-refractivity contribution in [3.63, 3.8) is 0 Å². The SMILES string of the molecule is [C-]#[N+]c1ccc(N2CC(=O)CC(=O)O2)cc1. The number of Topliss-reactive ketones (excluding diaryl/α,β-unsaturated/α-hetero) is 1. The lowest BCUT2D eigenvalue weighted by Crippen LogP contribution is -2.39. The zero-order valence-corrected chi connectivity index (χ0v) is 8.34. The van der Waals surface area contributed by atoms with Crippen LogP contribution < -0.4 is 5.06 Å². The first-order valence-electron chi connectivity index (χ1n) is 4.66. The van der Waals surface area contributed by atoms with E-state index in [9.17, 15) is 9.59 Å². The molecule has 1 aliphatic heterocycles. The van der Waals surface area contributed by atoms with Gasteiger partial charge in [-0.25, -0.2) is 9.64 Å². The van der Waals surface area contributed by atoms with Crippen LogP contribution >= 0.6 is 0 Å². The van der Waals surface area contributed by atoms with Crippen LogP contribution in [0.1, 0.15) is 6.42 Å². The zero-order chi connectivity index (χ0) is 11.5. The van der Waals surface area contributed by atoms with E-state index in [1.54, 1.807) is 24.3 Å². The van der Waals surface area contributed by atoms with Gasteiger partial charge in [0.2, 0.25) is 0 Å². The van der Waals surface area contributed by atoms with Crippen LogP contribution in [-0.2, 0) is 14.4 Å². The van der Waals surface area contributed by atoms with E-state index in [0.29, 0.717) is 11.4 Å². The van der Waals surface area contributed by atoms with Crippen molar-refractivity contribution in [3.8, 4) is 0 Å². The van der Waals surface area contributed by atoms with Gasteiger partial charge in [-0.1, -0.05) is 12.1 Å². The second-order valence-corrected chi connectivity index (χ2v) is 3.34. The van der Waals surface area contributed by atoms with Crippen molar-refractivity contribution in [1.82, 2.24) is 0 Å². The molecule has 0 N–H and O–H groups in total. The van der Waals surface area contributed by atoms with E-state index in [1.807, 2.05) is 0 Å². The van der Waals surface area contributed by atoms with Crippen molar-refractivity contribution in [2.24, 2.45) is 0 Å². The quantitative estimate of drug-likeness (QED) is 0.527. The molecule has 0 atom stereocenters. The summed E-state index contributed by atoms with van der Waals surface area (Å²) in [6.45, 7) is 6.85. The van der Waals surface area contributed by atoms with Crippen molar-refractivity contribution < 1.29 is 14.4 Å². The number of hydrogen-bond acceptors (Lipinski definition) is 4. The molecule has 1 saturated heterocycles. The molecule has 0 aliphatic carbocycles. The largest absolute Gasteiger partial charge is 0.340 e. The van der Waals surface area contributed by atoms with Gasteiger partial charge in [-0.05, 0) is 12.1 Å². The summed E-state index contributed by atoms with van der Waals surface area (Å²) in [5.74, 6) is -0.726. The van der Waals surface area contributed by atoms with Crippen LogP contribution in [0.15, 0.2) is 24.3 Å². The maximum atomic E-state index is 11.2. The minimum Gasteiger partial charge on any atom is -0.340 e. The highest BCUT2D eigenvalue weighted by Gasteiger charge is 2.25. The summed E-state index contributed by atoms with van der Waals surface area (Å²) >= 11 is 0. The molecule has 1 aromatic carbocycles. The van der Waals surface area contributed by atoms with Gasteiger partial charge in [-0.2, -0.15) is 5.06 Å². The Balaban J connectivity index is 2.20. The fourth-order valence-corrected chi connectivity index (χ4v) is 1.40. The number of benzene rings is 1. The van der Waals surface area contributed by atoms with E-state index in [-0.39, 0.29) is 18.7 Å². The molecule has 0 saturated carbocycles. The van der Waals surface area contributed by atoms with Crippen molar-refractivity contribution >= 4 is 23.1 Å². The molecular formula is C11H8N2O3. The third-order valence-electron chi connectivity index (χ3n) is 2.14. The van der Waals surface area contributed by atoms with Gasteiger partial charge >= 0.3 is 5.97 Å². The molecule has 1 fully saturated rings. The first kappa shape index (κ1) is 10.2. The average Bonchev–Trinajstić information content (AvgIpc) is 2.28. The van der Waals surface area contributed by atoms with E-state index in [0.717, 1.165) is 0 Å². The lowest BCUT2D eigenvalue weighted by atomic mass is 10.2. The number of nitrogens with zero attached hydrogens (tertiary/aromatic N) is 2. The van der Waals surface area contributed by atoms with Crippen molar-refractivity contribution in [1.29, 1.82) is 0 Å². The number of carbonyl (C=O) groups is 2. The molecule has 1 aromatic rings. The Kier molecular flexibility index (Phi) is 2.56. The van der Waals surface area contributed by atoms with Crippen LogP contribution in [0.2, 0.25) is 0 Å². The van der Waals surface area contributed by atoms with Gasteiger partial charge in [0.15, 0.2) is 11.5 Å². The van der Waals surface area contributed by atoms with Gasteiger partial charge in [0.05, 0.1) is 12.3 Å². The summed E-state index contributed by atoms with van der Waals surface area (Å²) < 4.78 is 0. The number of hydroxylamine groups is 1. The van der Waals surface area contributed by atoms with E-state index < -0.39 is 5.97 Å². The average molecular weight is 216 g/mol. The van der Waals surface area contributed by atoms with Gasteiger partial charge < -0.3 is 4.84 Å². The van der Waals surface area contributed by atoms with Crippen molar-refractivity contribution in [2.75, 3.05) is 11.6 Å². The molecule has 5 heteroatoms. The van der Waals surface area contributed by atoms with Crippen LogP contribution in [0, 0.1) is 6.57 Å². The maximum absolute atomic E-state index is 11.2. The first-order valence-corrected chi connectivity index (χ1v) is 4.66. The van der Waals surface area contributed by atoms with E-state index in [1.165, 1.54) is 5.06 Å². The molecule has 0 bridgehead atoms. The van der Waals surface area contributed by atoms with Crippen LogP contribution in [0.3, 0.4) is 0 Å². The van der Waals surface area contributed by atoms with Crippen LogP contribution in [0.25, 0.3) is 4.85 Å². The summed E-state index contributed by atoms with van der Waals surface area (Å²) in [7, 11) is 0. The second kappa shape index (κ2) is 4.03. The Morgan fingerprint density at radius 2 is 1.94 bits per heavy atom. The number of anilines is 1. The first-order chi connectivity index (χ1) is 7.69. The van der Waals surface area contributed by atoms with Crippen molar-refractivity contribution in [2.45, 2.75) is 6.42 Å². The molecule has 0 unspecified atom stereocenters. The smallest absolute Gasteiger partial charge is 0.339 e. The number of ketones is 1. The summed E-state index contributed by atoms with van der Waals surface area (Å²) in [4.78, 5) is 30.4. The number of hydrogen-bond donors (Lipinski definition) is 0. The normalized spacial score (nSPS) is 15.6. The molecule has 0 radical (unpaired) electrons. The minimum absolute atomic E-state index is 0.0586. The highest BCUT2D eigenvalue weighted by Crippen LogP contribution is 2.21. The Labute approximate surface area is 92.0 Å². The Bertz CT molecular complexity index is 457. The van der Waals surface area contributed by atoms with Crippen LogP contribution in [0.5, 0.6) is 0 Å². The van der Waals surface area contributed by atoms with Crippen molar-refractivity contribution in [3.05, 3.63) is 35.7 Å². The molecule has 80 valence electrons. The van der Waals surface area contributed by atoms with Crippen LogP contribution in [0.4, 0.5) is 11.4 Å². The molecule has 16 heavy (non-hydrogen) atoms. The van der Waals surface area contributed by atoms with Gasteiger partial charge in [-0.15, -0.1) is 0 Å². The summed E-state index contributed by atoms with van der Waals surface area (Å²) in [6.07, 6.45) is -0.170. The number of rotatable bonds is 1. The molecule has 0 spiro atoms. The second-order valence-electron chi connectivity index (χ2n) is 3.34. The summed E-state index contributed by atoms with van der Waals surface area (Å²) in [5.41, 5.74) is 1.09. The molecule has 5 nitrogen and oxygen atoms in total. The molecular weight excluding hydrogens is 208 g/mol. The zero-order valence-electron chi connectivity index (χ0n) is 8.34. The third-order valence-corrected chi connectivity index (χ3v) is 2.14. The Morgan fingerprint density at radius 1 is 1.25 bits per heavy atom. The molecule has 2 rings (SSSR count). The predicted octanol–water partition coefficient (Wildman–Crippen LogP) is 1.47. The Hall–Kier alpha value is -2.35. The lowest BCUT2D eigenvalue weighted by Gasteiger charge is -2.25. The molecule has 1 heterocycles. The predicted molar refractivity (Wildman–Crippen MR) is 55.8 cm³/mol. The third kappa shape index (κ3) is 2.01. The topological polar surface area (TPSA) is 51.0 Å².